The fourth-order valence-corrected chi connectivity index (χ4v) is 3.01. The van der Waals surface area contributed by atoms with Crippen molar-refractivity contribution < 1.29 is 5.11 Å². The van der Waals surface area contributed by atoms with E-state index in [9.17, 15) is 0 Å². The van der Waals surface area contributed by atoms with Crippen LogP contribution in [0.3, 0.4) is 0 Å². The Balaban J connectivity index is 2.02. The Morgan fingerprint density at radius 1 is 1.11 bits per heavy atom. The summed E-state index contributed by atoms with van der Waals surface area (Å²) in [6.07, 6.45) is 2.28. The number of likely N-dealkylation sites (tertiary alicyclic amines) is 1. The molecule has 0 aromatic heterocycles. The van der Waals surface area contributed by atoms with Crippen molar-refractivity contribution in [1.29, 1.82) is 0 Å². The summed E-state index contributed by atoms with van der Waals surface area (Å²) >= 11 is 0. The van der Waals surface area contributed by atoms with Gasteiger partial charge in [-0.1, -0.05) is 17.7 Å². The molecule has 2 heteroatoms. The zero-order valence-electron chi connectivity index (χ0n) is 11.9. The maximum Gasteiger partial charge on any atom is 0.0460 e. The van der Waals surface area contributed by atoms with Crippen molar-refractivity contribution in [3.05, 3.63) is 34.4 Å². The highest BCUT2D eigenvalue weighted by Gasteiger charge is 2.19. The molecule has 0 atom stereocenters. The van der Waals surface area contributed by atoms with Crippen molar-refractivity contribution in [3.63, 3.8) is 0 Å². The predicted octanol–water partition coefficient (Wildman–Crippen LogP) is 2.82. The van der Waals surface area contributed by atoms with Gasteiger partial charge in [-0.15, -0.1) is 0 Å². The van der Waals surface area contributed by atoms with Gasteiger partial charge >= 0.3 is 0 Å². The van der Waals surface area contributed by atoms with Crippen LogP contribution in [-0.2, 0) is 6.54 Å². The van der Waals surface area contributed by atoms with Gasteiger partial charge in [-0.3, -0.25) is 4.90 Å². The maximum absolute atomic E-state index is 9.17. The Morgan fingerprint density at radius 2 is 1.67 bits per heavy atom. The summed E-state index contributed by atoms with van der Waals surface area (Å²) in [7, 11) is 0. The van der Waals surface area contributed by atoms with Crippen molar-refractivity contribution >= 4 is 0 Å². The highest BCUT2D eigenvalue weighted by molar-refractivity contribution is 5.37. The van der Waals surface area contributed by atoms with Gasteiger partial charge in [0.2, 0.25) is 0 Å². The third kappa shape index (κ3) is 3.12. The van der Waals surface area contributed by atoms with Crippen LogP contribution in [0.5, 0.6) is 0 Å². The summed E-state index contributed by atoms with van der Waals surface area (Å²) in [6, 6.07) is 4.56. The molecule has 0 saturated carbocycles. The molecule has 0 unspecified atom stereocenters. The molecule has 1 aromatic rings. The van der Waals surface area contributed by atoms with Crippen molar-refractivity contribution in [2.75, 3.05) is 19.7 Å². The van der Waals surface area contributed by atoms with Crippen molar-refractivity contribution in [2.45, 2.75) is 40.2 Å². The van der Waals surface area contributed by atoms with Crippen molar-refractivity contribution in [2.24, 2.45) is 5.92 Å². The number of rotatable bonds is 3. The van der Waals surface area contributed by atoms with Gasteiger partial charge < -0.3 is 5.11 Å². The van der Waals surface area contributed by atoms with Crippen molar-refractivity contribution in [1.82, 2.24) is 4.90 Å². The number of aliphatic hydroxyl groups excluding tert-OH is 1. The molecule has 1 aliphatic heterocycles. The van der Waals surface area contributed by atoms with Crippen LogP contribution in [0.1, 0.15) is 35.1 Å². The third-order valence-electron chi connectivity index (χ3n) is 4.19. The fourth-order valence-electron chi connectivity index (χ4n) is 3.01. The highest BCUT2D eigenvalue weighted by Crippen LogP contribution is 2.22. The lowest BCUT2D eigenvalue weighted by Gasteiger charge is -2.32. The first-order valence-corrected chi connectivity index (χ1v) is 7.00. The van der Waals surface area contributed by atoms with E-state index in [1.807, 2.05) is 0 Å². The van der Waals surface area contributed by atoms with Crippen LogP contribution in [0, 0.1) is 26.7 Å². The van der Waals surface area contributed by atoms with Crippen LogP contribution in [0.25, 0.3) is 0 Å². The van der Waals surface area contributed by atoms with Gasteiger partial charge in [0.05, 0.1) is 0 Å². The second kappa shape index (κ2) is 5.85. The minimum Gasteiger partial charge on any atom is -0.396 e. The van der Waals surface area contributed by atoms with E-state index in [-0.39, 0.29) is 0 Å². The first kappa shape index (κ1) is 13.6. The van der Waals surface area contributed by atoms with Gasteiger partial charge in [0.15, 0.2) is 0 Å². The number of aliphatic hydroxyl groups is 1. The average Bonchev–Trinajstić information content (AvgIpc) is 2.34. The number of hydrogen-bond acceptors (Lipinski definition) is 2. The lowest BCUT2D eigenvalue weighted by molar-refractivity contribution is 0.127. The quantitative estimate of drug-likeness (QED) is 0.888. The van der Waals surface area contributed by atoms with Crippen molar-refractivity contribution in [3.8, 4) is 0 Å². The Labute approximate surface area is 111 Å². The molecule has 0 bridgehead atoms. The van der Waals surface area contributed by atoms with Crippen LogP contribution in [0.2, 0.25) is 0 Å². The Hall–Kier alpha value is -0.860. The van der Waals surface area contributed by atoms with E-state index >= 15 is 0 Å². The monoisotopic (exact) mass is 247 g/mol. The smallest absolute Gasteiger partial charge is 0.0460 e. The summed E-state index contributed by atoms with van der Waals surface area (Å²) in [5, 5.41) is 9.17. The largest absolute Gasteiger partial charge is 0.396 e. The summed E-state index contributed by atoms with van der Waals surface area (Å²) in [5.41, 5.74) is 5.67. The molecule has 1 heterocycles. The molecule has 1 aromatic carbocycles. The second-order valence-electron chi connectivity index (χ2n) is 5.78. The van der Waals surface area contributed by atoms with Gasteiger partial charge in [-0.05, 0) is 69.3 Å². The zero-order chi connectivity index (χ0) is 13.1. The molecule has 2 rings (SSSR count). The standard InChI is InChI=1S/C16H25NO/c1-12-8-13(2)16(14(3)9-12)10-17-6-4-15(11-18)5-7-17/h8-9,15,18H,4-7,10-11H2,1-3H3. The molecule has 1 fully saturated rings. The Kier molecular flexibility index (Phi) is 4.41. The molecular weight excluding hydrogens is 222 g/mol. The molecule has 1 saturated heterocycles. The fraction of sp³-hybridized carbons (Fsp3) is 0.625. The Morgan fingerprint density at radius 3 is 2.17 bits per heavy atom. The summed E-state index contributed by atoms with van der Waals surface area (Å²) < 4.78 is 0. The predicted molar refractivity (Wildman–Crippen MR) is 75.7 cm³/mol. The van der Waals surface area contributed by atoms with Gasteiger partial charge in [-0.25, -0.2) is 0 Å². The summed E-state index contributed by atoms with van der Waals surface area (Å²) in [6.45, 7) is 10.3. The van der Waals surface area contributed by atoms with E-state index in [0.717, 1.165) is 32.5 Å². The summed E-state index contributed by atoms with van der Waals surface area (Å²) in [5.74, 6) is 0.529. The minimum absolute atomic E-state index is 0.358. The third-order valence-corrected chi connectivity index (χ3v) is 4.19. The average molecular weight is 247 g/mol. The number of aryl methyl sites for hydroxylation is 3. The normalized spacial score (nSPS) is 18.2. The van der Waals surface area contributed by atoms with Gasteiger partial charge in [-0.2, -0.15) is 0 Å². The Bertz CT molecular complexity index is 383. The molecule has 1 aliphatic rings. The highest BCUT2D eigenvalue weighted by atomic mass is 16.3. The second-order valence-corrected chi connectivity index (χ2v) is 5.78. The van der Waals surface area contributed by atoms with Crippen LogP contribution >= 0.6 is 0 Å². The van der Waals surface area contributed by atoms with E-state index in [2.05, 4.69) is 37.8 Å². The molecule has 0 aliphatic carbocycles. The van der Waals surface area contributed by atoms with Crippen LogP contribution in [-0.4, -0.2) is 29.7 Å². The summed E-state index contributed by atoms with van der Waals surface area (Å²) in [4.78, 5) is 2.52. The lowest BCUT2D eigenvalue weighted by Crippen LogP contribution is -2.34. The number of nitrogens with zero attached hydrogens (tertiary/aromatic N) is 1. The topological polar surface area (TPSA) is 23.5 Å². The zero-order valence-corrected chi connectivity index (χ0v) is 11.9. The van der Waals surface area contributed by atoms with Crippen LogP contribution < -0.4 is 0 Å². The molecule has 18 heavy (non-hydrogen) atoms. The molecule has 0 spiro atoms. The van der Waals surface area contributed by atoms with Crippen LogP contribution in [0.4, 0.5) is 0 Å². The van der Waals surface area contributed by atoms with E-state index in [1.165, 1.54) is 22.3 Å². The maximum atomic E-state index is 9.17. The minimum atomic E-state index is 0.358. The van der Waals surface area contributed by atoms with Gasteiger partial charge in [0, 0.05) is 13.2 Å². The molecule has 1 N–H and O–H groups in total. The van der Waals surface area contributed by atoms with Crippen LogP contribution in [0.15, 0.2) is 12.1 Å². The number of hydrogen-bond donors (Lipinski definition) is 1. The first-order chi connectivity index (χ1) is 8.60. The first-order valence-electron chi connectivity index (χ1n) is 7.00. The lowest BCUT2D eigenvalue weighted by atomic mass is 9.95. The number of benzene rings is 1. The van der Waals surface area contributed by atoms with E-state index < -0.39 is 0 Å². The molecule has 2 nitrogen and oxygen atoms in total. The molecule has 0 radical (unpaired) electrons. The van der Waals surface area contributed by atoms with Gasteiger partial charge in [0.1, 0.15) is 0 Å². The van der Waals surface area contributed by atoms with E-state index in [4.69, 9.17) is 5.11 Å². The molecular formula is C16H25NO. The molecule has 100 valence electrons. The number of piperidine rings is 1. The SMILES string of the molecule is Cc1cc(C)c(CN2CCC(CO)CC2)c(C)c1. The van der Waals surface area contributed by atoms with E-state index in [1.54, 1.807) is 0 Å². The molecule has 0 amide bonds. The van der Waals surface area contributed by atoms with Gasteiger partial charge in [0.25, 0.3) is 0 Å². The van der Waals surface area contributed by atoms with E-state index in [0.29, 0.717) is 12.5 Å².